The third-order valence-corrected chi connectivity index (χ3v) is 4.59. The molecule has 3 saturated heterocycles. The van der Waals surface area contributed by atoms with E-state index in [1.807, 2.05) is 0 Å². The second-order valence-corrected chi connectivity index (χ2v) is 6.81. The Morgan fingerprint density at radius 3 is 1.11 bits per heavy atom. The molecule has 0 spiro atoms. The lowest BCUT2D eigenvalue weighted by molar-refractivity contribution is 0.229. The lowest BCUT2D eigenvalue weighted by atomic mass is 10.3. The Hall–Kier alpha value is 0.230. The summed E-state index contributed by atoms with van der Waals surface area (Å²) in [7, 11) is 6.50. The Labute approximate surface area is 118 Å². The minimum atomic E-state index is 1.28. The molecule has 0 bridgehead atoms. The van der Waals surface area contributed by atoms with E-state index in [1.165, 1.54) is 70.0 Å². The van der Waals surface area contributed by atoms with Crippen LogP contribution in [0.15, 0.2) is 0 Å². The number of rotatable bonds is 0. The molecule has 0 unspecified atom stereocenters. The van der Waals surface area contributed by atoms with Gasteiger partial charge in [0.15, 0.2) is 0 Å². The van der Waals surface area contributed by atoms with E-state index in [0.717, 1.165) is 0 Å². The van der Waals surface area contributed by atoms with Gasteiger partial charge in [-0.05, 0) is 66.6 Å². The average Bonchev–Trinajstić information content (AvgIpc) is 2.80. The van der Waals surface area contributed by atoms with Crippen LogP contribution in [0.4, 0.5) is 0 Å². The Balaban J connectivity index is 0.000000137. The van der Waals surface area contributed by atoms with Crippen LogP contribution in [-0.2, 0) is 0 Å². The average molecular weight is 273 g/mol. The highest BCUT2D eigenvalue weighted by molar-refractivity contribution is 7.99. The monoisotopic (exact) mass is 273 g/mol. The van der Waals surface area contributed by atoms with Crippen molar-refractivity contribution in [3.8, 4) is 0 Å². The standard InChI is InChI=1S/C5H11NS.C5H11N.C4H9N/c1-6-2-4-7-5-3-6;1-6-4-2-3-5-6;1-5-3-2-4-5/h2-5H2,1H3;2-5H2,1H3;2-4H2,1H3. The van der Waals surface area contributed by atoms with E-state index in [1.54, 1.807) is 0 Å². The van der Waals surface area contributed by atoms with Gasteiger partial charge in [-0.25, -0.2) is 0 Å². The van der Waals surface area contributed by atoms with E-state index < -0.39 is 0 Å². The van der Waals surface area contributed by atoms with Crippen molar-refractivity contribution in [1.82, 2.24) is 14.7 Å². The predicted molar refractivity (Wildman–Crippen MR) is 83.7 cm³/mol. The SMILES string of the molecule is CN1CCC1.CN1CCCC1.CN1CCSCC1. The van der Waals surface area contributed by atoms with Crippen LogP contribution in [0.2, 0.25) is 0 Å². The molecule has 108 valence electrons. The number of hydrogen-bond acceptors (Lipinski definition) is 4. The van der Waals surface area contributed by atoms with Gasteiger partial charge in [-0.1, -0.05) is 0 Å². The zero-order valence-corrected chi connectivity index (χ0v) is 13.3. The van der Waals surface area contributed by atoms with Gasteiger partial charge in [-0.3, -0.25) is 0 Å². The summed E-state index contributed by atoms with van der Waals surface area (Å²) in [4.78, 5) is 7.04. The first kappa shape index (κ1) is 16.3. The summed E-state index contributed by atoms with van der Waals surface area (Å²) < 4.78 is 0. The van der Waals surface area contributed by atoms with Crippen molar-refractivity contribution in [2.45, 2.75) is 19.3 Å². The largest absolute Gasteiger partial charge is 0.306 e. The van der Waals surface area contributed by atoms with Crippen LogP contribution >= 0.6 is 11.8 Å². The molecule has 0 saturated carbocycles. The van der Waals surface area contributed by atoms with Crippen molar-refractivity contribution >= 4 is 11.8 Å². The van der Waals surface area contributed by atoms with Gasteiger partial charge in [0.05, 0.1) is 0 Å². The summed E-state index contributed by atoms with van der Waals surface area (Å²) in [5.74, 6) is 2.66. The minimum absolute atomic E-state index is 1.28. The first-order valence-electron chi connectivity index (χ1n) is 7.32. The second-order valence-electron chi connectivity index (χ2n) is 5.58. The lowest BCUT2D eigenvalue weighted by Gasteiger charge is -2.24. The molecular formula is C14H31N3S. The Kier molecular flexibility index (Phi) is 9.11. The summed E-state index contributed by atoms with van der Waals surface area (Å²) in [5, 5.41) is 0. The second kappa shape index (κ2) is 10.1. The molecule has 3 heterocycles. The van der Waals surface area contributed by atoms with Crippen LogP contribution in [0.3, 0.4) is 0 Å². The maximum Gasteiger partial charge on any atom is 0.00696 e. The molecule has 0 aromatic heterocycles. The van der Waals surface area contributed by atoms with Crippen molar-refractivity contribution < 1.29 is 0 Å². The molecule has 0 radical (unpaired) electrons. The lowest BCUT2D eigenvalue weighted by Crippen LogP contribution is -2.32. The number of hydrogen-bond donors (Lipinski definition) is 0. The van der Waals surface area contributed by atoms with Gasteiger partial charge in [-0.15, -0.1) is 0 Å². The maximum atomic E-state index is 2.37. The molecule has 3 aliphatic heterocycles. The third-order valence-electron chi connectivity index (χ3n) is 3.64. The van der Waals surface area contributed by atoms with Gasteiger partial charge < -0.3 is 14.7 Å². The molecule has 4 heteroatoms. The molecular weight excluding hydrogens is 242 g/mol. The fraction of sp³-hybridized carbons (Fsp3) is 1.00. The van der Waals surface area contributed by atoms with Crippen molar-refractivity contribution in [2.75, 3.05) is 71.9 Å². The summed E-state index contributed by atoms with van der Waals surface area (Å²) in [6, 6.07) is 0. The van der Waals surface area contributed by atoms with Gasteiger partial charge in [0, 0.05) is 24.6 Å². The van der Waals surface area contributed by atoms with E-state index in [-0.39, 0.29) is 0 Å². The number of thioether (sulfide) groups is 1. The minimum Gasteiger partial charge on any atom is -0.306 e. The van der Waals surface area contributed by atoms with Gasteiger partial charge in [-0.2, -0.15) is 11.8 Å². The maximum absolute atomic E-state index is 2.37. The summed E-state index contributed by atoms with van der Waals surface area (Å²) >= 11 is 2.06. The predicted octanol–water partition coefficient (Wildman–Crippen LogP) is 1.70. The van der Waals surface area contributed by atoms with E-state index in [9.17, 15) is 0 Å². The van der Waals surface area contributed by atoms with Crippen molar-refractivity contribution in [1.29, 1.82) is 0 Å². The molecule has 3 aliphatic rings. The van der Waals surface area contributed by atoms with Gasteiger partial charge >= 0.3 is 0 Å². The molecule has 3 nitrogen and oxygen atoms in total. The van der Waals surface area contributed by atoms with Crippen LogP contribution in [0.25, 0.3) is 0 Å². The van der Waals surface area contributed by atoms with Gasteiger partial charge in [0.1, 0.15) is 0 Å². The third kappa shape index (κ3) is 8.35. The fourth-order valence-corrected chi connectivity index (χ4v) is 3.09. The zero-order chi connectivity index (χ0) is 13.2. The number of nitrogens with zero attached hydrogens (tertiary/aromatic N) is 3. The van der Waals surface area contributed by atoms with Gasteiger partial charge in [0.25, 0.3) is 0 Å². The highest BCUT2D eigenvalue weighted by atomic mass is 32.2. The molecule has 18 heavy (non-hydrogen) atoms. The van der Waals surface area contributed by atoms with Crippen molar-refractivity contribution in [2.24, 2.45) is 0 Å². The topological polar surface area (TPSA) is 9.72 Å². The fourth-order valence-electron chi connectivity index (χ4n) is 2.00. The van der Waals surface area contributed by atoms with Crippen LogP contribution in [0, 0.1) is 0 Å². The van der Waals surface area contributed by atoms with Crippen molar-refractivity contribution in [3.63, 3.8) is 0 Å². The molecule has 0 aliphatic carbocycles. The van der Waals surface area contributed by atoms with E-state index in [4.69, 9.17) is 0 Å². The Morgan fingerprint density at radius 1 is 0.556 bits per heavy atom. The van der Waals surface area contributed by atoms with E-state index >= 15 is 0 Å². The molecule has 0 N–H and O–H groups in total. The summed E-state index contributed by atoms with van der Waals surface area (Å²) in [6.45, 7) is 7.84. The smallest absolute Gasteiger partial charge is 0.00696 e. The van der Waals surface area contributed by atoms with Crippen LogP contribution in [-0.4, -0.2) is 86.6 Å². The Bertz CT molecular complexity index is 185. The zero-order valence-electron chi connectivity index (χ0n) is 12.5. The summed E-state index contributed by atoms with van der Waals surface area (Å²) in [6.07, 6.45) is 4.24. The van der Waals surface area contributed by atoms with Crippen LogP contribution in [0.1, 0.15) is 19.3 Å². The molecule has 0 aromatic carbocycles. The van der Waals surface area contributed by atoms with Crippen LogP contribution < -0.4 is 0 Å². The highest BCUT2D eigenvalue weighted by Crippen LogP contribution is 2.05. The van der Waals surface area contributed by atoms with E-state index in [2.05, 4.69) is 47.6 Å². The molecule has 0 atom stereocenters. The molecule has 0 amide bonds. The van der Waals surface area contributed by atoms with E-state index in [0.29, 0.717) is 0 Å². The molecule has 3 rings (SSSR count). The first-order valence-corrected chi connectivity index (χ1v) is 8.47. The molecule has 0 aromatic rings. The van der Waals surface area contributed by atoms with Crippen LogP contribution in [0.5, 0.6) is 0 Å². The first-order chi connectivity index (χ1) is 8.68. The van der Waals surface area contributed by atoms with Gasteiger partial charge in [0.2, 0.25) is 0 Å². The molecule has 3 fully saturated rings. The highest BCUT2D eigenvalue weighted by Gasteiger charge is 2.05. The summed E-state index contributed by atoms with van der Waals surface area (Å²) in [5.41, 5.74) is 0. The quantitative estimate of drug-likeness (QED) is 0.664. The van der Waals surface area contributed by atoms with Crippen molar-refractivity contribution in [3.05, 3.63) is 0 Å². The Morgan fingerprint density at radius 2 is 0.944 bits per heavy atom. The number of likely N-dealkylation sites (tertiary alicyclic amines) is 2. The normalized spacial score (nSPS) is 25.5.